The van der Waals surface area contributed by atoms with Crippen molar-refractivity contribution in [1.82, 2.24) is 10.3 Å². The number of thiocarbonyl (C=S) groups is 1. The second-order valence-corrected chi connectivity index (χ2v) is 5.99. The first kappa shape index (κ1) is 17.8. The first-order valence-corrected chi connectivity index (χ1v) is 8.46. The van der Waals surface area contributed by atoms with Crippen LogP contribution in [0, 0.1) is 0 Å². The standard InChI is InChI=1S/C19H19N3O3S/c1-24-17-10-14(4-7-16(17)18-11-20-12-25-18)22-19(26)21-9-8-13-2-5-15(23)6-3-13/h2-7,10-12,23H,8-9H2,1H3,(H2,21,22,26). The summed E-state index contributed by atoms with van der Waals surface area (Å²) in [6.07, 6.45) is 3.82. The van der Waals surface area contributed by atoms with Crippen molar-refractivity contribution in [1.29, 1.82) is 0 Å². The number of hydrogen-bond acceptors (Lipinski definition) is 5. The van der Waals surface area contributed by atoms with Crippen LogP contribution in [-0.4, -0.2) is 28.9 Å². The Morgan fingerprint density at radius 3 is 2.73 bits per heavy atom. The molecule has 26 heavy (non-hydrogen) atoms. The van der Waals surface area contributed by atoms with Crippen LogP contribution >= 0.6 is 12.2 Å². The van der Waals surface area contributed by atoms with Crippen molar-refractivity contribution in [3.63, 3.8) is 0 Å². The van der Waals surface area contributed by atoms with E-state index in [1.54, 1.807) is 25.4 Å². The van der Waals surface area contributed by atoms with Gasteiger partial charge in [-0.1, -0.05) is 12.1 Å². The molecule has 7 heteroatoms. The van der Waals surface area contributed by atoms with E-state index in [4.69, 9.17) is 21.4 Å². The second kappa shape index (κ2) is 8.35. The zero-order chi connectivity index (χ0) is 18.4. The molecule has 0 unspecified atom stereocenters. The highest BCUT2D eigenvalue weighted by Gasteiger charge is 2.10. The molecular formula is C19H19N3O3S. The monoisotopic (exact) mass is 369 g/mol. The fourth-order valence-corrected chi connectivity index (χ4v) is 2.70. The molecule has 1 aromatic heterocycles. The fourth-order valence-electron chi connectivity index (χ4n) is 2.48. The highest BCUT2D eigenvalue weighted by molar-refractivity contribution is 7.80. The maximum atomic E-state index is 9.29. The molecule has 1 heterocycles. The summed E-state index contributed by atoms with van der Waals surface area (Å²) in [5.41, 5.74) is 2.75. The third kappa shape index (κ3) is 4.52. The van der Waals surface area contributed by atoms with E-state index in [1.165, 1.54) is 6.39 Å². The number of oxazole rings is 1. The molecule has 3 rings (SSSR count). The first-order valence-electron chi connectivity index (χ1n) is 8.05. The zero-order valence-corrected chi connectivity index (χ0v) is 15.0. The number of hydrogen-bond donors (Lipinski definition) is 3. The Morgan fingerprint density at radius 2 is 2.04 bits per heavy atom. The van der Waals surface area contributed by atoms with Crippen LogP contribution in [-0.2, 0) is 6.42 Å². The molecule has 0 amide bonds. The summed E-state index contributed by atoms with van der Waals surface area (Å²) in [5.74, 6) is 1.57. The van der Waals surface area contributed by atoms with Gasteiger partial charge in [0.1, 0.15) is 11.5 Å². The molecule has 2 aromatic carbocycles. The Kier molecular flexibility index (Phi) is 5.70. The lowest BCUT2D eigenvalue weighted by atomic mass is 10.1. The first-order chi connectivity index (χ1) is 12.7. The summed E-state index contributed by atoms with van der Waals surface area (Å²) in [4.78, 5) is 3.93. The van der Waals surface area contributed by atoms with Crippen molar-refractivity contribution in [2.75, 3.05) is 19.0 Å². The third-order valence-electron chi connectivity index (χ3n) is 3.79. The average molecular weight is 369 g/mol. The van der Waals surface area contributed by atoms with E-state index in [0.29, 0.717) is 23.2 Å². The van der Waals surface area contributed by atoms with Gasteiger partial charge in [0.15, 0.2) is 17.3 Å². The molecule has 6 nitrogen and oxygen atoms in total. The van der Waals surface area contributed by atoms with Crippen molar-refractivity contribution in [2.24, 2.45) is 0 Å². The van der Waals surface area contributed by atoms with Gasteiger partial charge in [0.25, 0.3) is 0 Å². The minimum atomic E-state index is 0.265. The summed E-state index contributed by atoms with van der Waals surface area (Å²) in [5, 5.41) is 16.1. The molecule has 0 aliphatic rings. The van der Waals surface area contributed by atoms with E-state index in [2.05, 4.69) is 15.6 Å². The SMILES string of the molecule is COc1cc(NC(=S)NCCc2ccc(O)cc2)ccc1-c1cnco1. The van der Waals surface area contributed by atoms with Crippen molar-refractivity contribution in [3.05, 3.63) is 60.6 Å². The van der Waals surface area contributed by atoms with E-state index < -0.39 is 0 Å². The van der Waals surface area contributed by atoms with E-state index >= 15 is 0 Å². The molecule has 0 bridgehead atoms. The van der Waals surface area contributed by atoms with Gasteiger partial charge >= 0.3 is 0 Å². The Labute approximate surface area is 156 Å². The van der Waals surface area contributed by atoms with Gasteiger partial charge in [0.05, 0.1) is 18.9 Å². The molecule has 3 N–H and O–H groups in total. The maximum absolute atomic E-state index is 9.29. The lowest BCUT2D eigenvalue weighted by Crippen LogP contribution is -2.30. The van der Waals surface area contributed by atoms with Crippen molar-refractivity contribution < 1.29 is 14.3 Å². The van der Waals surface area contributed by atoms with E-state index in [1.807, 2.05) is 30.3 Å². The summed E-state index contributed by atoms with van der Waals surface area (Å²) in [6, 6.07) is 12.8. The quantitative estimate of drug-likeness (QED) is 0.573. The van der Waals surface area contributed by atoms with Gasteiger partial charge in [-0.05, 0) is 48.5 Å². The van der Waals surface area contributed by atoms with Crippen LogP contribution in [0.25, 0.3) is 11.3 Å². The number of ether oxygens (including phenoxy) is 1. The van der Waals surface area contributed by atoms with Crippen molar-refractivity contribution in [3.8, 4) is 22.8 Å². The van der Waals surface area contributed by atoms with Crippen LogP contribution in [0.15, 0.2) is 59.5 Å². The number of nitrogens with one attached hydrogen (secondary N) is 2. The molecule has 0 saturated carbocycles. The fraction of sp³-hybridized carbons (Fsp3) is 0.158. The number of phenols is 1. The molecular weight excluding hydrogens is 350 g/mol. The summed E-state index contributed by atoms with van der Waals surface area (Å²) in [7, 11) is 1.60. The zero-order valence-electron chi connectivity index (χ0n) is 14.2. The number of methoxy groups -OCH3 is 1. The molecule has 3 aromatic rings. The topological polar surface area (TPSA) is 79.5 Å². The van der Waals surface area contributed by atoms with Gasteiger partial charge in [-0.2, -0.15) is 0 Å². The van der Waals surface area contributed by atoms with Crippen LogP contribution in [0.5, 0.6) is 11.5 Å². The number of rotatable bonds is 6. The second-order valence-electron chi connectivity index (χ2n) is 5.58. The van der Waals surface area contributed by atoms with Crippen molar-refractivity contribution in [2.45, 2.75) is 6.42 Å². The molecule has 0 radical (unpaired) electrons. The Morgan fingerprint density at radius 1 is 1.23 bits per heavy atom. The number of nitrogens with zero attached hydrogens (tertiary/aromatic N) is 1. The van der Waals surface area contributed by atoms with Crippen molar-refractivity contribution >= 4 is 23.0 Å². The molecule has 0 fully saturated rings. The van der Waals surface area contributed by atoms with E-state index in [-0.39, 0.29) is 5.75 Å². The average Bonchev–Trinajstić information content (AvgIpc) is 3.17. The number of aromatic nitrogens is 1. The predicted molar refractivity (Wildman–Crippen MR) is 105 cm³/mol. The van der Waals surface area contributed by atoms with Crippen LogP contribution in [0.4, 0.5) is 5.69 Å². The van der Waals surface area contributed by atoms with Gasteiger partial charge in [-0.15, -0.1) is 0 Å². The highest BCUT2D eigenvalue weighted by atomic mass is 32.1. The lowest BCUT2D eigenvalue weighted by Gasteiger charge is -2.13. The van der Waals surface area contributed by atoms with Gasteiger partial charge in [-0.25, -0.2) is 4.98 Å². The molecule has 0 spiro atoms. The van der Waals surface area contributed by atoms with Crippen LogP contribution < -0.4 is 15.4 Å². The summed E-state index contributed by atoms with van der Waals surface area (Å²) < 4.78 is 10.7. The molecule has 0 aliphatic heterocycles. The normalized spacial score (nSPS) is 10.3. The van der Waals surface area contributed by atoms with Crippen LogP contribution in [0.2, 0.25) is 0 Å². The van der Waals surface area contributed by atoms with Gasteiger partial charge < -0.3 is 24.9 Å². The third-order valence-corrected chi connectivity index (χ3v) is 4.04. The number of phenolic OH excluding ortho intramolecular Hbond substituents is 1. The number of anilines is 1. The molecule has 134 valence electrons. The van der Waals surface area contributed by atoms with Gasteiger partial charge in [0.2, 0.25) is 0 Å². The van der Waals surface area contributed by atoms with Crippen LogP contribution in [0.1, 0.15) is 5.56 Å². The van der Waals surface area contributed by atoms with Gasteiger partial charge in [0, 0.05) is 18.3 Å². The maximum Gasteiger partial charge on any atom is 0.181 e. The van der Waals surface area contributed by atoms with Crippen LogP contribution in [0.3, 0.4) is 0 Å². The van der Waals surface area contributed by atoms with Gasteiger partial charge in [-0.3, -0.25) is 0 Å². The Balaban J connectivity index is 1.56. The summed E-state index contributed by atoms with van der Waals surface area (Å²) in [6.45, 7) is 0.684. The number of benzene rings is 2. The summed E-state index contributed by atoms with van der Waals surface area (Å²) >= 11 is 5.33. The highest BCUT2D eigenvalue weighted by Crippen LogP contribution is 2.32. The molecule has 0 aliphatic carbocycles. The minimum Gasteiger partial charge on any atom is -0.508 e. The largest absolute Gasteiger partial charge is 0.508 e. The smallest absolute Gasteiger partial charge is 0.181 e. The number of aromatic hydroxyl groups is 1. The molecule has 0 atom stereocenters. The Hall–Kier alpha value is -3.06. The van der Waals surface area contributed by atoms with E-state index in [0.717, 1.165) is 23.2 Å². The lowest BCUT2D eigenvalue weighted by molar-refractivity contribution is 0.415. The minimum absolute atomic E-state index is 0.265. The molecule has 0 saturated heterocycles. The van der Waals surface area contributed by atoms with E-state index in [9.17, 15) is 5.11 Å². The Bertz CT molecular complexity index is 864. The predicted octanol–water partition coefficient (Wildman–Crippen LogP) is 3.58.